The summed E-state index contributed by atoms with van der Waals surface area (Å²) in [7, 11) is -7.51. The first-order chi connectivity index (χ1) is 12.0. The monoisotopic (exact) mass is 434 g/mol. The molecule has 0 aromatic heterocycles. The van der Waals surface area contributed by atoms with Crippen LogP contribution in [0.15, 0.2) is 58.3 Å². The zero-order valence-corrected chi connectivity index (χ0v) is 15.9. The second-order valence-electron chi connectivity index (χ2n) is 4.74. The van der Waals surface area contributed by atoms with Crippen LogP contribution in [-0.4, -0.2) is 36.2 Å². The molecule has 0 aliphatic rings. The Kier molecular flexibility index (Phi) is 6.26. The normalized spacial score (nSPS) is 11.9. The number of carbonyl (C=O) groups is 2. The van der Waals surface area contributed by atoms with Gasteiger partial charge in [0.2, 0.25) is 10.2 Å². The lowest BCUT2D eigenvalue weighted by molar-refractivity contribution is 0.107. The van der Waals surface area contributed by atoms with Crippen molar-refractivity contribution in [2.24, 2.45) is 0 Å². The van der Waals surface area contributed by atoms with Gasteiger partial charge in [0.1, 0.15) is 0 Å². The van der Waals surface area contributed by atoms with Crippen molar-refractivity contribution in [3.8, 4) is 0 Å². The van der Waals surface area contributed by atoms with Gasteiger partial charge in [-0.1, -0.05) is 0 Å². The Labute approximate surface area is 156 Å². The van der Waals surface area contributed by atoms with Crippen LogP contribution in [0.4, 0.5) is 0 Å². The lowest BCUT2D eigenvalue weighted by Crippen LogP contribution is -2.00. The molecule has 138 valence electrons. The highest BCUT2D eigenvalue weighted by molar-refractivity contribution is 8.87. The third-order valence-electron chi connectivity index (χ3n) is 2.97. The van der Waals surface area contributed by atoms with Gasteiger partial charge in [-0.2, -0.15) is 16.8 Å². The van der Waals surface area contributed by atoms with Crippen LogP contribution in [0.3, 0.4) is 0 Å². The lowest BCUT2D eigenvalue weighted by Gasteiger charge is -2.02. The van der Waals surface area contributed by atoms with Crippen LogP contribution >= 0.6 is 21.6 Å². The molecule has 0 heterocycles. The summed E-state index contributed by atoms with van der Waals surface area (Å²) < 4.78 is 61.5. The third kappa shape index (κ3) is 5.40. The molecule has 0 unspecified atom stereocenters. The average molecular weight is 434 g/mol. The first-order valence-electron chi connectivity index (χ1n) is 6.57. The fourth-order valence-corrected chi connectivity index (χ4v) is 4.31. The molecule has 0 saturated carbocycles. The molecule has 0 bridgehead atoms. The Morgan fingerprint density at radius 1 is 0.615 bits per heavy atom. The van der Waals surface area contributed by atoms with Gasteiger partial charge >= 0.3 is 0 Å². The van der Waals surface area contributed by atoms with E-state index < -0.39 is 30.5 Å². The minimum atomic E-state index is -4.36. The predicted octanol–water partition coefficient (Wildman–Crippen LogP) is 2.54. The highest BCUT2D eigenvalue weighted by Crippen LogP contribution is 2.30. The van der Waals surface area contributed by atoms with Crippen LogP contribution in [0.5, 0.6) is 0 Å². The van der Waals surface area contributed by atoms with Crippen LogP contribution < -0.4 is 0 Å². The van der Waals surface area contributed by atoms with Crippen LogP contribution in [0.1, 0.15) is 20.7 Å². The molecule has 0 radical (unpaired) electrons. The number of hydrogen-bond donors (Lipinski definition) is 2. The molecule has 0 atom stereocenters. The standard InChI is InChI=1S/C14H10O8S4/c15-13(9-1-5-11(6-2-9)25(17,18)19)23-24-14(16)10-3-7-12(8-4-10)26(20,21)22/h1-8H,(H,17,18,19)(H,20,21,22). The third-order valence-corrected chi connectivity index (χ3v) is 6.72. The molecule has 0 aliphatic heterocycles. The van der Waals surface area contributed by atoms with Crippen molar-refractivity contribution in [2.75, 3.05) is 0 Å². The van der Waals surface area contributed by atoms with Gasteiger partial charge in [-0.3, -0.25) is 18.7 Å². The van der Waals surface area contributed by atoms with Gasteiger partial charge < -0.3 is 0 Å². The van der Waals surface area contributed by atoms with E-state index in [1.54, 1.807) is 0 Å². The largest absolute Gasteiger partial charge is 0.294 e. The second-order valence-corrected chi connectivity index (χ2v) is 9.66. The lowest BCUT2D eigenvalue weighted by atomic mass is 10.2. The zero-order chi connectivity index (χ0) is 19.5. The van der Waals surface area contributed by atoms with Crippen molar-refractivity contribution >= 4 is 52.1 Å². The fraction of sp³-hybridized carbons (Fsp3) is 0. The number of carbonyl (C=O) groups excluding carboxylic acids is 2. The summed E-state index contributed by atoms with van der Waals surface area (Å²) in [4.78, 5) is 23.3. The minimum Gasteiger partial charge on any atom is -0.282 e. The summed E-state index contributed by atoms with van der Waals surface area (Å²) in [6.45, 7) is 0. The van der Waals surface area contributed by atoms with Crippen molar-refractivity contribution in [3.63, 3.8) is 0 Å². The molecule has 0 fully saturated rings. The topological polar surface area (TPSA) is 143 Å². The van der Waals surface area contributed by atoms with Crippen molar-refractivity contribution in [2.45, 2.75) is 9.79 Å². The summed E-state index contributed by atoms with van der Waals surface area (Å²) >= 11 is 0. The van der Waals surface area contributed by atoms with E-state index in [0.717, 1.165) is 24.3 Å². The molecule has 26 heavy (non-hydrogen) atoms. The van der Waals surface area contributed by atoms with Crippen molar-refractivity contribution in [1.82, 2.24) is 0 Å². The molecule has 2 rings (SSSR count). The van der Waals surface area contributed by atoms with Gasteiger partial charge in [-0.25, -0.2) is 0 Å². The molecule has 2 aromatic carbocycles. The van der Waals surface area contributed by atoms with Gasteiger partial charge in [0.05, 0.1) is 9.79 Å². The predicted molar refractivity (Wildman–Crippen MR) is 96.4 cm³/mol. The van der Waals surface area contributed by atoms with Gasteiger partial charge in [-0.05, 0) is 70.1 Å². The fourth-order valence-electron chi connectivity index (χ4n) is 1.70. The van der Waals surface area contributed by atoms with Crippen molar-refractivity contribution in [1.29, 1.82) is 0 Å². The molecular formula is C14H10O8S4. The van der Waals surface area contributed by atoms with E-state index in [9.17, 15) is 26.4 Å². The van der Waals surface area contributed by atoms with Gasteiger partial charge in [0, 0.05) is 11.1 Å². The average Bonchev–Trinajstić information content (AvgIpc) is 2.58. The highest BCUT2D eigenvalue weighted by Gasteiger charge is 2.16. The van der Waals surface area contributed by atoms with Crippen molar-refractivity contribution < 1.29 is 35.5 Å². The molecule has 2 aromatic rings. The summed E-state index contributed by atoms with van der Waals surface area (Å²) in [5.41, 5.74) is 0.258. The van der Waals surface area contributed by atoms with Crippen LogP contribution in [-0.2, 0) is 20.2 Å². The maximum Gasteiger partial charge on any atom is 0.294 e. The molecule has 0 aliphatic carbocycles. The van der Waals surface area contributed by atoms with Crippen LogP contribution in [0.25, 0.3) is 0 Å². The SMILES string of the molecule is O=C(SSC(=O)c1ccc(S(=O)(=O)O)cc1)c1ccc(S(=O)(=O)O)cc1. The summed E-state index contributed by atoms with van der Waals surface area (Å²) in [5.74, 6) is 0. The molecule has 8 nitrogen and oxygen atoms in total. The molecule has 0 spiro atoms. The summed E-state index contributed by atoms with van der Waals surface area (Å²) in [5, 5.41) is -1.03. The molecular weight excluding hydrogens is 424 g/mol. The summed E-state index contributed by atoms with van der Waals surface area (Å²) in [6, 6.07) is 9.03. The van der Waals surface area contributed by atoms with Gasteiger partial charge in [-0.15, -0.1) is 0 Å². The maximum atomic E-state index is 12.0. The van der Waals surface area contributed by atoms with E-state index >= 15 is 0 Å². The van der Waals surface area contributed by atoms with Crippen LogP contribution in [0.2, 0.25) is 0 Å². The van der Waals surface area contributed by atoms with E-state index in [0.29, 0.717) is 21.6 Å². The van der Waals surface area contributed by atoms with E-state index in [1.165, 1.54) is 24.3 Å². The van der Waals surface area contributed by atoms with E-state index in [1.807, 2.05) is 0 Å². The van der Waals surface area contributed by atoms with E-state index in [-0.39, 0.29) is 20.9 Å². The number of rotatable bonds is 4. The van der Waals surface area contributed by atoms with E-state index in [2.05, 4.69) is 0 Å². The zero-order valence-electron chi connectivity index (χ0n) is 12.6. The highest BCUT2D eigenvalue weighted by atomic mass is 33.1. The van der Waals surface area contributed by atoms with E-state index in [4.69, 9.17) is 9.11 Å². The summed E-state index contributed by atoms with van der Waals surface area (Å²) in [6.07, 6.45) is 0. The quantitative estimate of drug-likeness (QED) is 0.544. The Bertz CT molecular complexity index is 952. The number of hydrogen-bond acceptors (Lipinski definition) is 8. The molecule has 0 saturated heterocycles. The molecule has 2 N–H and O–H groups in total. The van der Waals surface area contributed by atoms with Gasteiger partial charge in [0.25, 0.3) is 20.2 Å². The van der Waals surface area contributed by atoms with Crippen molar-refractivity contribution in [3.05, 3.63) is 59.7 Å². The molecule has 12 heteroatoms. The first kappa shape index (κ1) is 20.6. The number of benzene rings is 2. The molecule has 0 amide bonds. The Balaban J connectivity index is 2.01. The maximum absolute atomic E-state index is 12.0. The second kappa shape index (κ2) is 7.90. The Morgan fingerprint density at radius 2 is 0.885 bits per heavy atom. The Morgan fingerprint density at radius 3 is 1.12 bits per heavy atom. The first-order valence-corrected chi connectivity index (χ1v) is 11.6. The van der Waals surface area contributed by atoms with Crippen LogP contribution in [0, 0.1) is 0 Å². The smallest absolute Gasteiger partial charge is 0.282 e. The van der Waals surface area contributed by atoms with Gasteiger partial charge in [0.15, 0.2) is 0 Å². The Hall–Kier alpha value is -1.70. The minimum absolute atomic E-state index is 0.129.